The van der Waals surface area contributed by atoms with Crippen LogP contribution in [-0.4, -0.2) is 48.1 Å². The van der Waals surface area contributed by atoms with Gasteiger partial charge in [0.15, 0.2) is 5.82 Å². The largest absolute Gasteiger partial charge is 0.390 e. The number of rotatable bonds is 5. The van der Waals surface area contributed by atoms with Crippen molar-refractivity contribution in [3.63, 3.8) is 0 Å². The van der Waals surface area contributed by atoms with E-state index in [1.165, 1.54) is 0 Å². The van der Waals surface area contributed by atoms with Crippen molar-refractivity contribution in [1.82, 2.24) is 29.6 Å². The van der Waals surface area contributed by atoms with E-state index < -0.39 is 0 Å². The maximum Gasteiger partial charge on any atom is 0.229 e. The van der Waals surface area contributed by atoms with E-state index in [0.717, 1.165) is 45.0 Å². The minimum atomic E-state index is -0.295. The van der Waals surface area contributed by atoms with Gasteiger partial charge in [-0.3, -0.25) is 0 Å². The van der Waals surface area contributed by atoms with E-state index in [1.807, 2.05) is 51.4 Å². The van der Waals surface area contributed by atoms with Crippen molar-refractivity contribution in [2.75, 3.05) is 11.9 Å². The van der Waals surface area contributed by atoms with E-state index >= 15 is 0 Å². The Morgan fingerprint density at radius 1 is 1.29 bits per heavy atom. The molecule has 0 aliphatic carbocycles. The number of aryl methyl sites for hydroxylation is 2. The van der Waals surface area contributed by atoms with Gasteiger partial charge in [0.25, 0.3) is 0 Å². The molecule has 1 aliphatic heterocycles. The quantitative estimate of drug-likeness (QED) is 0.444. The van der Waals surface area contributed by atoms with Crippen LogP contribution < -0.4 is 10.6 Å². The molecular formula is C22H24ClN7O. The maximum atomic E-state index is 9.83. The van der Waals surface area contributed by atoms with Gasteiger partial charge in [0.1, 0.15) is 0 Å². The van der Waals surface area contributed by atoms with E-state index in [2.05, 4.69) is 30.3 Å². The molecule has 9 heteroatoms. The zero-order chi connectivity index (χ0) is 21.7. The third-order valence-corrected chi connectivity index (χ3v) is 6.52. The lowest BCUT2D eigenvalue weighted by molar-refractivity contribution is 0.0615. The van der Waals surface area contributed by atoms with Crippen LogP contribution in [0.15, 0.2) is 36.7 Å². The first-order valence-corrected chi connectivity index (χ1v) is 10.6. The molecule has 2 atom stereocenters. The highest BCUT2D eigenvalue weighted by Crippen LogP contribution is 2.32. The Morgan fingerprint density at radius 3 is 2.87 bits per heavy atom. The smallest absolute Gasteiger partial charge is 0.229 e. The fourth-order valence-corrected chi connectivity index (χ4v) is 4.20. The summed E-state index contributed by atoms with van der Waals surface area (Å²) in [5.41, 5.74) is 4.98. The van der Waals surface area contributed by atoms with Crippen LogP contribution in [0, 0.1) is 13.8 Å². The predicted molar refractivity (Wildman–Crippen MR) is 121 cm³/mol. The Labute approximate surface area is 184 Å². The predicted octanol–water partition coefficient (Wildman–Crippen LogP) is 3.04. The molecular weight excluding hydrogens is 414 g/mol. The lowest BCUT2D eigenvalue weighted by Gasteiger charge is -2.33. The molecule has 1 aliphatic rings. The minimum Gasteiger partial charge on any atom is -0.390 e. The third kappa shape index (κ3) is 3.56. The topological polar surface area (TPSA) is 92.8 Å². The summed E-state index contributed by atoms with van der Waals surface area (Å²) in [4.78, 5) is 8.97. The number of aliphatic hydroxyl groups excluding tert-OH is 1. The number of aliphatic hydroxyl groups is 1. The first-order chi connectivity index (χ1) is 14.9. The molecule has 0 amide bonds. The Morgan fingerprint density at radius 2 is 2.13 bits per heavy atom. The summed E-state index contributed by atoms with van der Waals surface area (Å²) < 4.78 is 3.83. The average Bonchev–Trinajstić information content (AvgIpc) is 3.24. The highest BCUT2D eigenvalue weighted by molar-refractivity contribution is 6.36. The average molecular weight is 438 g/mol. The van der Waals surface area contributed by atoms with Crippen LogP contribution in [0.2, 0.25) is 5.02 Å². The SMILES string of the molecule is Cc1nn(-c2ccnc(Nc3ccc4c(c3)c(Cl)c(C)n4C)n2)cc1CC1NCC1O. The number of nitrogens with one attached hydrogen (secondary N) is 2. The second kappa shape index (κ2) is 7.64. The molecule has 3 aromatic heterocycles. The number of halogens is 1. The lowest BCUT2D eigenvalue weighted by atomic mass is 9.96. The number of fused-ring (bicyclic) bond motifs is 1. The molecule has 0 radical (unpaired) electrons. The standard InChI is InChI=1S/C22H24ClN7O/c1-12-14(8-17-19(31)10-25-17)11-30(28-12)20-6-7-24-22(27-20)26-15-4-5-18-16(9-15)21(23)13(2)29(18)3/h4-7,9,11,17,19,25,31H,8,10H2,1-3H3,(H,24,26,27). The number of aromatic nitrogens is 5. The Bertz CT molecular complexity index is 1280. The highest BCUT2D eigenvalue weighted by Gasteiger charge is 2.29. The Kier molecular flexibility index (Phi) is 4.92. The van der Waals surface area contributed by atoms with Crippen LogP contribution in [0.3, 0.4) is 0 Å². The van der Waals surface area contributed by atoms with Crippen molar-refractivity contribution in [2.24, 2.45) is 7.05 Å². The number of benzene rings is 1. The summed E-state index contributed by atoms with van der Waals surface area (Å²) in [6, 6.07) is 7.93. The van der Waals surface area contributed by atoms with Gasteiger partial charge in [0.2, 0.25) is 5.95 Å². The van der Waals surface area contributed by atoms with Gasteiger partial charge in [0.05, 0.1) is 16.8 Å². The summed E-state index contributed by atoms with van der Waals surface area (Å²) in [6.07, 6.45) is 4.11. The molecule has 4 heterocycles. The maximum absolute atomic E-state index is 9.83. The lowest BCUT2D eigenvalue weighted by Crippen LogP contribution is -2.58. The zero-order valence-electron chi connectivity index (χ0n) is 17.6. The van der Waals surface area contributed by atoms with Gasteiger partial charge in [-0.15, -0.1) is 0 Å². The van der Waals surface area contributed by atoms with Crippen molar-refractivity contribution in [2.45, 2.75) is 32.4 Å². The Hall–Kier alpha value is -2.94. The fourth-order valence-electron chi connectivity index (χ4n) is 3.92. The number of hydrogen-bond acceptors (Lipinski definition) is 6. The molecule has 0 saturated carbocycles. The first kappa shape index (κ1) is 20.0. The molecule has 2 unspecified atom stereocenters. The summed E-state index contributed by atoms with van der Waals surface area (Å²) >= 11 is 6.49. The van der Waals surface area contributed by atoms with E-state index in [9.17, 15) is 5.11 Å². The van der Waals surface area contributed by atoms with Gasteiger partial charge >= 0.3 is 0 Å². The fraction of sp³-hybridized carbons (Fsp3) is 0.318. The van der Waals surface area contributed by atoms with Crippen molar-refractivity contribution in [3.05, 3.63) is 58.6 Å². The van der Waals surface area contributed by atoms with E-state index in [0.29, 0.717) is 18.3 Å². The number of β-amino-alcohol motifs (C(OH)–C–C–N with tert-alkyl or cyclic N) is 1. The van der Waals surface area contributed by atoms with Gasteiger partial charge in [0, 0.05) is 60.4 Å². The van der Waals surface area contributed by atoms with Crippen molar-refractivity contribution in [1.29, 1.82) is 0 Å². The summed E-state index contributed by atoms with van der Waals surface area (Å²) in [6.45, 7) is 4.63. The monoisotopic (exact) mass is 437 g/mol. The van der Waals surface area contributed by atoms with Crippen molar-refractivity contribution >= 4 is 34.1 Å². The van der Waals surface area contributed by atoms with Crippen LogP contribution in [0.25, 0.3) is 16.7 Å². The number of hydrogen-bond donors (Lipinski definition) is 3. The molecule has 1 fully saturated rings. The summed E-state index contributed by atoms with van der Waals surface area (Å²) in [5, 5.41) is 22.7. The second-order valence-electron chi connectivity index (χ2n) is 8.02. The van der Waals surface area contributed by atoms with Crippen molar-refractivity contribution < 1.29 is 5.11 Å². The van der Waals surface area contributed by atoms with Crippen molar-refractivity contribution in [3.8, 4) is 5.82 Å². The van der Waals surface area contributed by atoms with Crippen LogP contribution in [0.1, 0.15) is 17.0 Å². The molecule has 5 rings (SSSR count). The Balaban J connectivity index is 1.39. The normalized spacial score (nSPS) is 18.4. The highest BCUT2D eigenvalue weighted by atomic mass is 35.5. The van der Waals surface area contributed by atoms with E-state index in [1.54, 1.807) is 10.9 Å². The van der Waals surface area contributed by atoms with Gasteiger partial charge in [-0.1, -0.05) is 11.6 Å². The van der Waals surface area contributed by atoms with E-state index in [4.69, 9.17) is 11.6 Å². The molecule has 0 bridgehead atoms. The summed E-state index contributed by atoms with van der Waals surface area (Å²) in [7, 11) is 2.01. The molecule has 4 aromatic rings. The molecule has 31 heavy (non-hydrogen) atoms. The molecule has 3 N–H and O–H groups in total. The third-order valence-electron chi connectivity index (χ3n) is 6.04. The zero-order valence-corrected chi connectivity index (χ0v) is 18.4. The minimum absolute atomic E-state index is 0.0855. The number of nitrogens with zero attached hydrogens (tertiary/aromatic N) is 5. The van der Waals surface area contributed by atoms with Gasteiger partial charge < -0.3 is 20.3 Å². The molecule has 8 nitrogen and oxygen atoms in total. The van der Waals surface area contributed by atoms with E-state index in [-0.39, 0.29) is 12.1 Å². The van der Waals surface area contributed by atoms with Gasteiger partial charge in [-0.05, 0) is 44.0 Å². The van der Waals surface area contributed by atoms with Gasteiger partial charge in [-0.25, -0.2) is 9.67 Å². The molecule has 1 aromatic carbocycles. The van der Waals surface area contributed by atoms with Gasteiger partial charge in [-0.2, -0.15) is 10.1 Å². The molecule has 1 saturated heterocycles. The molecule has 0 spiro atoms. The number of anilines is 2. The van der Waals surface area contributed by atoms with Crippen LogP contribution in [0.4, 0.5) is 11.6 Å². The molecule has 160 valence electrons. The van der Waals surface area contributed by atoms with Crippen LogP contribution in [0.5, 0.6) is 0 Å². The summed E-state index contributed by atoms with van der Waals surface area (Å²) in [5.74, 6) is 1.15. The second-order valence-corrected chi connectivity index (χ2v) is 8.40. The first-order valence-electron chi connectivity index (χ1n) is 10.2. The van der Waals surface area contributed by atoms with Crippen LogP contribution in [-0.2, 0) is 13.5 Å². The van der Waals surface area contributed by atoms with Crippen LogP contribution >= 0.6 is 11.6 Å².